The highest BCUT2D eigenvalue weighted by Crippen LogP contribution is 2.41. The second kappa shape index (κ2) is 8.78. The van der Waals surface area contributed by atoms with Gasteiger partial charge in [0.1, 0.15) is 5.82 Å². The summed E-state index contributed by atoms with van der Waals surface area (Å²) in [5.74, 6) is -1.64. The minimum Gasteiger partial charge on any atom is -0.372 e. The SMILES string of the molecule is C[C@@H]1CN(C(=O)C[C@]2(c3cccc(F)c3)CC(=O)N(Cc3cccnc3)C2=O)C[C@H](C)O1. The smallest absolute Gasteiger partial charge is 0.241 e. The normalized spacial score (nSPS) is 26.0. The molecule has 1 aromatic heterocycles. The van der Waals surface area contributed by atoms with Crippen LogP contribution in [-0.2, 0) is 31.1 Å². The fraction of sp³-hybridized carbons (Fsp3) is 0.417. The van der Waals surface area contributed by atoms with Crippen molar-refractivity contribution in [2.45, 2.75) is 50.9 Å². The number of amides is 3. The third-order valence-electron chi connectivity index (χ3n) is 6.07. The zero-order chi connectivity index (χ0) is 22.9. The molecule has 0 spiro atoms. The van der Waals surface area contributed by atoms with E-state index in [0.717, 1.165) is 4.90 Å². The first-order chi connectivity index (χ1) is 15.3. The number of benzene rings is 1. The molecule has 0 N–H and O–H groups in total. The van der Waals surface area contributed by atoms with Crippen LogP contribution in [0.25, 0.3) is 0 Å². The summed E-state index contributed by atoms with van der Waals surface area (Å²) < 4.78 is 19.8. The van der Waals surface area contributed by atoms with Crippen molar-refractivity contribution in [2.75, 3.05) is 13.1 Å². The molecule has 2 aliphatic rings. The maximum atomic E-state index is 14.1. The van der Waals surface area contributed by atoms with Crippen molar-refractivity contribution in [3.05, 3.63) is 65.7 Å². The lowest BCUT2D eigenvalue weighted by molar-refractivity contribution is -0.148. The molecule has 4 rings (SSSR count). The molecule has 2 saturated heterocycles. The minimum absolute atomic E-state index is 0.0579. The molecule has 8 heteroatoms. The van der Waals surface area contributed by atoms with Crippen molar-refractivity contribution in [3.63, 3.8) is 0 Å². The Bertz CT molecular complexity index is 1020. The average molecular weight is 439 g/mol. The highest BCUT2D eigenvalue weighted by atomic mass is 19.1. The topological polar surface area (TPSA) is 79.8 Å². The molecular weight excluding hydrogens is 413 g/mol. The lowest BCUT2D eigenvalue weighted by atomic mass is 9.75. The van der Waals surface area contributed by atoms with Gasteiger partial charge in [0.25, 0.3) is 0 Å². The molecule has 0 bridgehead atoms. The molecule has 0 unspecified atom stereocenters. The summed E-state index contributed by atoms with van der Waals surface area (Å²) in [5.41, 5.74) is -0.401. The second-order valence-corrected chi connectivity index (χ2v) is 8.65. The number of rotatable bonds is 5. The van der Waals surface area contributed by atoms with Crippen molar-refractivity contribution in [1.82, 2.24) is 14.8 Å². The van der Waals surface area contributed by atoms with Crippen molar-refractivity contribution in [2.24, 2.45) is 0 Å². The Hall–Kier alpha value is -3.13. The zero-order valence-corrected chi connectivity index (χ0v) is 18.2. The van der Waals surface area contributed by atoms with Crippen LogP contribution >= 0.6 is 0 Å². The Balaban J connectivity index is 1.67. The van der Waals surface area contributed by atoms with Gasteiger partial charge >= 0.3 is 0 Å². The Morgan fingerprint density at radius 3 is 2.59 bits per heavy atom. The number of likely N-dealkylation sites (tertiary alicyclic amines) is 1. The van der Waals surface area contributed by atoms with Crippen LogP contribution < -0.4 is 0 Å². The number of carbonyl (C=O) groups is 3. The van der Waals surface area contributed by atoms with Gasteiger partial charge in [0.05, 0.1) is 24.2 Å². The van der Waals surface area contributed by atoms with Crippen LogP contribution in [0.2, 0.25) is 0 Å². The van der Waals surface area contributed by atoms with Crippen LogP contribution in [0, 0.1) is 5.82 Å². The summed E-state index contributed by atoms with van der Waals surface area (Å²) in [6.07, 6.45) is 2.55. The summed E-state index contributed by atoms with van der Waals surface area (Å²) in [7, 11) is 0. The van der Waals surface area contributed by atoms with Crippen molar-refractivity contribution < 1.29 is 23.5 Å². The maximum Gasteiger partial charge on any atom is 0.241 e. The number of nitrogens with zero attached hydrogens (tertiary/aromatic N) is 3. The van der Waals surface area contributed by atoms with E-state index >= 15 is 0 Å². The molecule has 0 saturated carbocycles. The number of carbonyl (C=O) groups excluding carboxylic acids is 3. The molecule has 2 fully saturated rings. The lowest BCUT2D eigenvalue weighted by Gasteiger charge is -2.37. The summed E-state index contributed by atoms with van der Waals surface area (Å²) in [6, 6.07) is 9.13. The van der Waals surface area contributed by atoms with Crippen molar-refractivity contribution in [1.29, 1.82) is 0 Å². The molecule has 1 aromatic carbocycles. The Morgan fingerprint density at radius 1 is 1.19 bits per heavy atom. The fourth-order valence-corrected chi connectivity index (χ4v) is 4.64. The first-order valence-electron chi connectivity index (χ1n) is 10.7. The minimum atomic E-state index is -1.44. The van der Waals surface area contributed by atoms with Crippen molar-refractivity contribution in [3.8, 4) is 0 Å². The van der Waals surface area contributed by atoms with E-state index in [-0.39, 0.29) is 43.4 Å². The fourth-order valence-electron chi connectivity index (χ4n) is 4.64. The number of aromatic nitrogens is 1. The average Bonchev–Trinajstić information content (AvgIpc) is 2.99. The highest BCUT2D eigenvalue weighted by molar-refractivity contribution is 6.10. The van der Waals surface area contributed by atoms with Crippen LogP contribution in [0.15, 0.2) is 48.8 Å². The maximum absolute atomic E-state index is 14.1. The van der Waals surface area contributed by atoms with Gasteiger partial charge in [0.2, 0.25) is 17.7 Å². The van der Waals surface area contributed by atoms with E-state index in [4.69, 9.17) is 4.74 Å². The molecule has 3 amide bonds. The van der Waals surface area contributed by atoms with E-state index in [0.29, 0.717) is 24.2 Å². The molecule has 2 aromatic rings. The molecule has 2 aliphatic heterocycles. The van der Waals surface area contributed by atoms with E-state index in [9.17, 15) is 18.8 Å². The Kier molecular flexibility index (Phi) is 6.06. The summed E-state index contributed by atoms with van der Waals surface area (Å²) in [5, 5.41) is 0. The van der Waals surface area contributed by atoms with Gasteiger partial charge in [0.15, 0.2) is 0 Å². The van der Waals surface area contributed by atoms with Crippen LogP contribution in [0.5, 0.6) is 0 Å². The predicted octanol–water partition coefficient (Wildman–Crippen LogP) is 2.44. The Morgan fingerprint density at radius 2 is 1.94 bits per heavy atom. The monoisotopic (exact) mass is 439 g/mol. The first kappa shape index (κ1) is 22.1. The van der Waals surface area contributed by atoms with Gasteiger partial charge in [-0.05, 0) is 43.2 Å². The number of morpholine rings is 1. The molecule has 7 nitrogen and oxygen atoms in total. The number of hydrogen-bond acceptors (Lipinski definition) is 5. The van der Waals surface area contributed by atoms with Gasteiger partial charge in [-0.25, -0.2) is 4.39 Å². The van der Waals surface area contributed by atoms with Crippen LogP contribution in [0.1, 0.15) is 37.8 Å². The van der Waals surface area contributed by atoms with E-state index in [1.54, 1.807) is 35.5 Å². The van der Waals surface area contributed by atoms with E-state index < -0.39 is 17.1 Å². The predicted molar refractivity (Wildman–Crippen MR) is 114 cm³/mol. The van der Waals surface area contributed by atoms with Gasteiger partial charge < -0.3 is 9.64 Å². The number of halogens is 1. The van der Waals surface area contributed by atoms with Gasteiger partial charge in [0, 0.05) is 38.3 Å². The highest BCUT2D eigenvalue weighted by Gasteiger charge is 2.54. The Labute approximate surface area is 186 Å². The largest absolute Gasteiger partial charge is 0.372 e. The standard InChI is InChI=1S/C24H26FN3O4/c1-16-13-27(14-17(2)32-16)21(29)10-24(19-6-3-7-20(25)9-19)11-22(30)28(23(24)31)15-18-5-4-8-26-12-18/h3-9,12,16-17H,10-11,13-15H2,1-2H3/t16-,17+,24-/m1/s1. The number of hydrogen-bond donors (Lipinski definition) is 0. The molecule has 32 heavy (non-hydrogen) atoms. The second-order valence-electron chi connectivity index (χ2n) is 8.65. The molecule has 168 valence electrons. The van der Waals surface area contributed by atoms with Gasteiger partial charge in [-0.1, -0.05) is 18.2 Å². The summed E-state index contributed by atoms with van der Waals surface area (Å²) in [4.78, 5) is 46.8. The third kappa shape index (κ3) is 4.27. The van der Waals surface area contributed by atoms with Crippen molar-refractivity contribution >= 4 is 17.7 Å². The third-order valence-corrected chi connectivity index (χ3v) is 6.07. The molecule has 3 heterocycles. The lowest BCUT2D eigenvalue weighted by Crippen LogP contribution is -2.50. The molecule has 0 aliphatic carbocycles. The molecular formula is C24H26FN3O4. The first-order valence-corrected chi connectivity index (χ1v) is 10.7. The van der Waals surface area contributed by atoms with Gasteiger partial charge in [-0.2, -0.15) is 0 Å². The number of ether oxygens (including phenoxy) is 1. The number of imide groups is 1. The van der Waals surface area contributed by atoms with Gasteiger partial charge in [-0.15, -0.1) is 0 Å². The van der Waals surface area contributed by atoms with Crippen LogP contribution in [0.4, 0.5) is 4.39 Å². The van der Waals surface area contributed by atoms with Crippen LogP contribution in [-0.4, -0.2) is 57.8 Å². The number of pyridine rings is 1. The molecule has 0 radical (unpaired) electrons. The summed E-state index contributed by atoms with van der Waals surface area (Å²) in [6.45, 7) is 4.65. The van der Waals surface area contributed by atoms with E-state index in [2.05, 4.69) is 4.98 Å². The van der Waals surface area contributed by atoms with Crippen LogP contribution in [0.3, 0.4) is 0 Å². The zero-order valence-electron chi connectivity index (χ0n) is 18.2. The summed E-state index contributed by atoms with van der Waals surface area (Å²) >= 11 is 0. The van der Waals surface area contributed by atoms with E-state index in [1.165, 1.54) is 18.2 Å². The van der Waals surface area contributed by atoms with E-state index in [1.807, 2.05) is 13.8 Å². The quantitative estimate of drug-likeness (QED) is 0.669. The van der Waals surface area contributed by atoms with Gasteiger partial charge in [-0.3, -0.25) is 24.3 Å². The molecule has 3 atom stereocenters.